The second-order valence-corrected chi connectivity index (χ2v) is 3.87. The highest BCUT2D eigenvalue weighted by Gasteiger charge is 2.07. The van der Waals surface area contributed by atoms with Crippen LogP contribution in [-0.2, 0) is 0 Å². The maximum Gasteiger partial charge on any atom is 0.409 e. The van der Waals surface area contributed by atoms with E-state index in [0.717, 1.165) is 6.07 Å². The van der Waals surface area contributed by atoms with E-state index >= 15 is 0 Å². The Morgan fingerprint density at radius 3 is 2.47 bits per heavy atom. The molecule has 98 valence electrons. The second kappa shape index (κ2) is 5.53. The van der Waals surface area contributed by atoms with E-state index in [-0.39, 0.29) is 16.7 Å². The number of hydrogen-bond acceptors (Lipinski definition) is 4. The van der Waals surface area contributed by atoms with Gasteiger partial charge in [0.25, 0.3) is 5.88 Å². The summed E-state index contributed by atoms with van der Waals surface area (Å²) < 4.78 is 23.3. The van der Waals surface area contributed by atoms with Gasteiger partial charge in [-0.25, -0.2) is 14.2 Å². The van der Waals surface area contributed by atoms with E-state index < -0.39 is 11.9 Å². The quantitative estimate of drug-likeness (QED) is 0.938. The zero-order chi connectivity index (χ0) is 13.8. The molecule has 1 aromatic carbocycles. The van der Waals surface area contributed by atoms with Crippen LogP contribution < -0.4 is 15.2 Å². The van der Waals surface area contributed by atoms with Crippen molar-refractivity contribution in [2.75, 3.05) is 0 Å². The molecule has 1 amide bonds. The van der Waals surface area contributed by atoms with Gasteiger partial charge in [0.05, 0.1) is 5.02 Å². The van der Waals surface area contributed by atoms with E-state index in [1.54, 1.807) is 0 Å². The van der Waals surface area contributed by atoms with Crippen molar-refractivity contribution in [1.29, 1.82) is 0 Å². The van der Waals surface area contributed by atoms with Crippen molar-refractivity contribution < 1.29 is 18.7 Å². The Labute approximate surface area is 112 Å². The first-order valence-corrected chi connectivity index (χ1v) is 5.48. The highest BCUT2D eigenvalue weighted by Crippen LogP contribution is 2.25. The molecule has 0 aliphatic rings. The summed E-state index contributed by atoms with van der Waals surface area (Å²) in [6.07, 6.45) is 0.351. The molecule has 0 radical (unpaired) electrons. The molecule has 0 saturated heterocycles. The maximum atomic E-state index is 13.4. The zero-order valence-electron chi connectivity index (χ0n) is 9.47. The lowest BCUT2D eigenvalue weighted by Crippen LogP contribution is -2.16. The molecular formula is C12H8ClFN2O3. The van der Waals surface area contributed by atoms with Gasteiger partial charge in [-0.3, -0.25) is 0 Å². The lowest BCUT2D eigenvalue weighted by Gasteiger charge is -2.06. The molecule has 5 nitrogen and oxygen atoms in total. The van der Waals surface area contributed by atoms with Gasteiger partial charge in [-0.1, -0.05) is 11.6 Å². The summed E-state index contributed by atoms with van der Waals surface area (Å²) in [6.45, 7) is 0. The van der Waals surface area contributed by atoms with Crippen molar-refractivity contribution in [1.82, 2.24) is 4.98 Å². The molecule has 1 heterocycles. The molecule has 0 unspecified atom stereocenters. The first-order valence-electron chi connectivity index (χ1n) is 5.11. The SMILES string of the molecule is NC(=O)Oc1ccc(Oc2ncc(Cl)cc2F)cc1. The van der Waals surface area contributed by atoms with Gasteiger partial charge < -0.3 is 15.2 Å². The fourth-order valence-corrected chi connectivity index (χ4v) is 1.43. The number of carbonyl (C=O) groups excluding carboxylic acids is 1. The van der Waals surface area contributed by atoms with Gasteiger partial charge >= 0.3 is 6.09 Å². The molecule has 0 spiro atoms. The highest BCUT2D eigenvalue weighted by molar-refractivity contribution is 6.30. The summed E-state index contributed by atoms with van der Waals surface area (Å²) in [6, 6.07) is 6.96. The predicted molar refractivity (Wildman–Crippen MR) is 65.9 cm³/mol. The molecule has 2 N–H and O–H groups in total. The number of benzene rings is 1. The molecule has 0 aliphatic heterocycles. The van der Waals surface area contributed by atoms with Crippen LogP contribution >= 0.6 is 11.6 Å². The average Bonchev–Trinajstić information content (AvgIpc) is 2.34. The number of pyridine rings is 1. The van der Waals surface area contributed by atoms with Crippen molar-refractivity contribution in [3.8, 4) is 17.4 Å². The van der Waals surface area contributed by atoms with Crippen LogP contribution in [0, 0.1) is 5.82 Å². The Morgan fingerprint density at radius 1 is 1.26 bits per heavy atom. The summed E-state index contributed by atoms with van der Waals surface area (Å²) >= 11 is 5.57. The fourth-order valence-electron chi connectivity index (χ4n) is 1.28. The Bertz CT molecular complexity index is 604. The Balaban J connectivity index is 2.13. The Morgan fingerprint density at radius 2 is 1.89 bits per heavy atom. The van der Waals surface area contributed by atoms with E-state index in [0.29, 0.717) is 5.75 Å². The number of amides is 1. The molecule has 0 atom stereocenters. The van der Waals surface area contributed by atoms with Crippen LogP contribution in [0.1, 0.15) is 0 Å². The maximum absolute atomic E-state index is 13.4. The van der Waals surface area contributed by atoms with Crippen molar-refractivity contribution in [3.63, 3.8) is 0 Å². The predicted octanol–water partition coefficient (Wildman–Crippen LogP) is 3.12. The molecular weight excluding hydrogens is 275 g/mol. The Kier molecular flexibility index (Phi) is 3.82. The topological polar surface area (TPSA) is 74.4 Å². The van der Waals surface area contributed by atoms with E-state index in [1.165, 1.54) is 30.5 Å². The van der Waals surface area contributed by atoms with Crippen LogP contribution in [0.5, 0.6) is 17.4 Å². The van der Waals surface area contributed by atoms with Crippen LogP contribution in [-0.4, -0.2) is 11.1 Å². The van der Waals surface area contributed by atoms with Gasteiger partial charge in [-0.05, 0) is 30.3 Å². The standard InChI is InChI=1S/C12H8ClFN2O3/c13-7-5-10(14)11(16-6-7)18-8-1-3-9(4-2-8)19-12(15)17/h1-6H,(H2,15,17). The molecule has 0 bridgehead atoms. The number of hydrogen-bond donors (Lipinski definition) is 1. The minimum absolute atomic E-state index is 0.176. The van der Waals surface area contributed by atoms with Crippen molar-refractivity contribution in [2.45, 2.75) is 0 Å². The van der Waals surface area contributed by atoms with Crippen molar-refractivity contribution in [3.05, 3.63) is 47.4 Å². The molecule has 1 aromatic heterocycles. The summed E-state index contributed by atoms with van der Waals surface area (Å²) in [5.41, 5.74) is 4.86. The number of rotatable bonds is 3. The highest BCUT2D eigenvalue weighted by atomic mass is 35.5. The number of aromatic nitrogens is 1. The van der Waals surface area contributed by atoms with Gasteiger partial charge in [-0.2, -0.15) is 0 Å². The minimum atomic E-state index is -0.918. The lowest BCUT2D eigenvalue weighted by molar-refractivity contribution is 0.211. The van der Waals surface area contributed by atoms with Crippen molar-refractivity contribution >= 4 is 17.7 Å². The normalized spacial score (nSPS) is 10.0. The molecule has 2 rings (SSSR count). The van der Waals surface area contributed by atoms with E-state index in [1.807, 2.05) is 0 Å². The minimum Gasteiger partial charge on any atom is -0.436 e. The van der Waals surface area contributed by atoms with E-state index in [9.17, 15) is 9.18 Å². The molecule has 0 saturated carbocycles. The van der Waals surface area contributed by atoms with E-state index in [4.69, 9.17) is 22.1 Å². The summed E-state index contributed by atoms with van der Waals surface area (Å²) in [7, 11) is 0. The molecule has 2 aromatic rings. The van der Waals surface area contributed by atoms with Gasteiger partial charge in [-0.15, -0.1) is 0 Å². The number of primary amides is 1. The Hall–Kier alpha value is -2.34. The van der Waals surface area contributed by atoms with Gasteiger partial charge in [0, 0.05) is 6.20 Å². The monoisotopic (exact) mass is 282 g/mol. The zero-order valence-corrected chi connectivity index (χ0v) is 10.2. The number of ether oxygens (including phenoxy) is 2. The second-order valence-electron chi connectivity index (χ2n) is 3.44. The average molecular weight is 283 g/mol. The fraction of sp³-hybridized carbons (Fsp3) is 0. The third-order valence-electron chi connectivity index (χ3n) is 2.03. The first-order chi connectivity index (χ1) is 9.04. The molecule has 19 heavy (non-hydrogen) atoms. The van der Waals surface area contributed by atoms with Crippen LogP contribution in [0.4, 0.5) is 9.18 Å². The summed E-state index contributed by atoms with van der Waals surface area (Å²) in [5.74, 6) is -0.298. The van der Waals surface area contributed by atoms with Crippen LogP contribution in [0.25, 0.3) is 0 Å². The third kappa shape index (κ3) is 3.56. The van der Waals surface area contributed by atoms with Crippen LogP contribution in [0.2, 0.25) is 5.02 Å². The van der Waals surface area contributed by atoms with Crippen molar-refractivity contribution in [2.24, 2.45) is 5.73 Å². The lowest BCUT2D eigenvalue weighted by atomic mass is 10.3. The largest absolute Gasteiger partial charge is 0.436 e. The smallest absolute Gasteiger partial charge is 0.409 e. The van der Waals surface area contributed by atoms with E-state index in [2.05, 4.69) is 9.72 Å². The molecule has 0 aliphatic carbocycles. The first kappa shape index (κ1) is 13.1. The third-order valence-corrected chi connectivity index (χ3v) is 2.24. The summed E-state index contributed by atoms with van der Waals surface area (Å²) in [4.78, 5) is 14.2. The number of halogens is 2. The molecule has 7 heteroatoms. The van der Waals surface area contributed by atoms with Crippen LogP contribution in [0.3, 0.4) is 0 Å². The molecule has 0 fully saturated rings. The number of carbonyl (C=O) groups is 1. The number of nitrogens with two attached hydrogens (primary N) is 1. The van der Waals surface area contributed by atoms with Gasteiger partial charge in [0.1, 0.15) is 11.5 Å². The van der Waals surface area contributed by atoms with Gasteiger partial charge in [0.15, 0.2) is 5.82 Å². The van der Waals surface area contributed by atoms with Gasteiger partial charge in [0.2, 0.25) is 0 Å². The van der Waals surface area contributed by atoms with Crippen LogP contribution in [0.15, 0.2) is 36.5 Å². The number of nitrogens with zero attached hydrogens (tertiary/aromatic N) is 1. The summed E-state index contributed by atoms with van der Waals surface area (Å²) in [5, 5.41) is 0.176.